The van der Waals surface area contributed by atoms with Gasteiger partial charge in [-0.05, 0) is 36.4 Å². The predicted octanol–water partition coefficient (Wildman–Crippen LogP) is 5.58. The van der Waals surface area contributed by atoms with Gasteiger partial charge >= 0.3 is 0 Å². The van der Waals surface area contributed by atoms with E-state index in [2.05, 4.69) is 20.6 Å². The molecule has 0 spiro atoms. The van der Waals surface area contributed by atoms with Crippen LogP contribution >= 0.6 is 23.2 Å². The predicted molar refractivity (Wildman–Crippen MR) is 155 cm³/mol. The highest BCUT2D eigenvalue weighted by molar-refractivity contribution is 6.32. The molecule has 3 N–H and O–H groups in total. The molecule has 2 amide bonds. The molecule has 7 nitrogen and oxygen atoms in total. The van der Waals surface area contributed by atoms with E-state index >= 15 is 0 Å². The van der Waals surface area contributed by atoms with Crippen molar-refractivity contribution in [1.29, 1.82) is 0 Å². The van der Waals surface area contributed by atoms with Crippen LogP contribution in [0.4, 0.5) is 11.4 Å². The third-order valence-electron chi connectivity index (χ3n) is 5.97. The SMILES string of the molecule is O=C1CN=C(c2ccccc2)c2cc(Cl)ccc2N1.O=C1Nc2ccc(Cl)cc2C(c2ccccc2)=NC1O. The van der Waals surface area contributed by atoms with Crippen LogP contribution in [0.15, 0.2) is 107 Å². The summed E-state index contributed by atoms with van der Waals surface area (Å²) in [7, 11) is 0. The molecule has 194 valence electrons. The Balaban J connectivity index is 0.000000158. The highest BCUT2D eigenvalue weighted by Crippen LogP contribution is 2.27. The molecule has 9 heteroatoms. The number of aliphatic imine (C=N–C) groups is 2. The van der Waals surface area contributed by atoms with Crippen LogP contribution in [0.1, 0.15) is 22.3 Å². The van der Waals surface area contributed by atoms with Gasteiger partial charge in [0, 0.05) is 32.3 Å². The molecule has 0 fully saturated rings. The summed E-state index contributed by atoms with van der Waals surface area (Å²) in [5.41, 5.74) is 5.98. The zero-order valence-electron chi connectivity index (χ0n) is 20.4. The number of benzene rings is 4. The van der Waals surface area contributed by atoms with Gasteiger partial charge in [-0.1, -0.05) is 83.9 Å². The summed E-state index contributed by atoms with van der Waals surface area (Å²) in [6.07, 6.45) is -1.43. The van der Waals surface area contributed by atoms with Crippen molar-refractivity contribution < 1.29 is 14.7 Å². The van der Waals surface area contributed by atoms with E-state index in [1.807, 2.05) is 66.7 Å². The average Bonchev–Trinajstić information content (AvgIpc) is 3.19. The Morgan fingerprint density at radius 3 is 1.79 bits per heavy atom. The van der Waals surface area contributed by atoms with E-state index in [4.69, 9.17) is 23.2 Å². The number of benzodiazepines with no additional fused rings is 2. The number of hydrogen-bond acceptors (Lipinski definition) is 5. The van der Waals surface area contributed by atoms with Crippen LogP contribution in [0.2, 0.25) is 10.0 Å². The number of carbonyl (C=O) groups is 2. The molecule has 1 atom stereocenters. The van der Waals surface area contributed by atoms with E-state index < -0.39 is 12.1 Å². The summed E-state index contributed by atoms with van der Waals surface area (Å²) in [6.45, 7) is 0.122. The lowest BCUT2D eigenvalue weighted by atomic mass is 10.0. The van der Waals surface area contributed by atoms with E-state index in [1.54, 1.807) is 30.3 Å². The minimum atomic E-state index is -1.43. The number of nitrogens with one attached hydrogen (secondary N) is 2. The number of anilines is 2. The Bertz CT molecular complexity index is 1610. The first-order valence-electron chi connectivity index (χ1n) is 12.0. The highest BCUT2D eigenvalue weighted by atomic mass is 35.5. The van der Waals surface area contributed by atoms with Gasteiger partial charge in [-0.25, -0.2) is 4.99 Å². The number of nitrogens with zero attached hydrogens (tertiary/aromatic N) is 2. The second-order valence-electron chi connectivity index (χ2n) is 8.67. The quantitative estimate of drug-likeness (QED) is 0.300. The monoisotopic (exact) mass is 556 g/mol. The van der Waals surface area contributed by atoms with Crippen LogP contribution in [0, 0.1) is 0 Å². The zero-order chi connectivity index (χ0) is 27.4. The third kappa shape index (κ3) is 6.07. The zero-order valence-corrected chi connectivity index (χ0v) is 21.9. The lowest BCUT2D eigenvalue weighted by molar-refractivity contribution is -0.123. The number of aliphatic hydroxyl groups excluding tert-OH is 1. The standard InChI is InChI=1S/C15H11ClN2O2.C15H11ClN2O/c16-10-6-7-12-11(8-10)13(9-4-2-1-3-5-9)18-15(20)14(19)17-12;16-11-6-7-13-12(8-11)15(17-9-14(19)18-13)10-4-2-1-3-5-10/h1-8,15,20H,(H,17,19);1-8H,9H2,(H,18,19). The van der Waals surface area contributed by atoms with Crippen molar-refractivity contribution in [2.75, 3.05) is 17.2 Å². The minimum Gasteiger partial charge on any atom is -0.364 e. The smallest absolute Gasteiger partial charge is 0.276 e. The van der Waals surface area contributed by atoms with Crippen LogP contribution in [0.5, 0.6) is 0 Å². The lowest BCUT2D eigenvalue weighted by Crippen LogP contribution is -2.24. The molecule has 0 radical (unpaired) electrons. The Kier molecular flexibility index (Phi) is 7.84. The topological polar surface area (TPSA) is 103 Å². The first kappa shape index (κ1) is 26.3. The summed E-state index contributed by atoms with van der Waals surface area (Å²) < 4.78 is 0. The van der Waals surface area contributed by atoms with Crippen molar-refractivity contribution in [3.8, 4) is 0 Å². The minimum absolute atomic E-state index is 0.116. The summed E-state index contributed by atoms with van der Waals surface area (Å²) in [6, 6.07) is 29.6. The Labute approximate surface area is 234 Å². The van der Waals surface area contributed by atoms with Gasteiger partial charge in [0.15, 0.2) is 0 Å². The maximum absolute atomic E-state index is 11.7. The second kappa shape index (κ2) is 11.6. The fraction of sp³-hybridized carbons (Fsp3) is 0.0667. The van der Waals surface area contributed by atoms with Crippen molar-refractivity contribution in [2.45, 2.75) is 6.23 Å². The Hall–Kier alpha value is -4.30. The molecule has 2 aliphatic rings. The number of amides is 2. The number of fused-ring (bicyclic) bond motifs is 2. The largest absolute Gasteiger partial charge is 0.364 e. The van der Waals surface area contributed by atoms with Crippen LogP contribution in [-0.2, 0) is 9.59 Å². The molecule has 2 heterocycles. The summed E-state index contributed by atoms with van der Waals surface area (Å²) in [5, 5.41) is 16.4. The van der Waals surface area contributed by atoms with Gasteiger partial charge in [0.1, 0.15) is 6.54 Å². The molecule has 4 aromatic carbocycles. The van der Waals surface area contributed by atoms with Gasteiger partial charge in [-0.2, -0.15) is 0 Å². The molecule has 0 bridgehead atoms. The van der Waals surface area contributed by atoms with Gasteiger partial charge in [0.2, 0.25) is 12.1 Å². The van der Waals surface area contributed by atoms with E-state index in [1.165, 1.54) is 0 Å². The summed E-state index contributed by atoms with van der Waals surface area (Å²) in [5.74, 6) is -0.672. The molecule has 2 aliphatic heterocycles. The molecule has 1 unspecified atom stereocenters. The third-order valence-corrected chi connectivity index (χ3v) is 6.44. The number of halogens is 2. The molecule has 4 aromatic rings. The fourth-order valence-corrected chi connectivity index (χ4v) is 4.53. The van der Waals surface area contributed by atoms with E-state index in [0.717, 1.165) is 28.1 Å². The molecule has 0 aliphatic carbocycles. The van der Waals surface area contributed by atoms with E-state index in [-0.39, 0.29) is 12.5 Å². The summed E-state index contributed by atoms with van der Waals surface area (Å²) in [4.78, 5) is 31.9. The van der Waals surface area contributed by atoms with E-state index in [0.29, 0.717) is 27.0 Å². The average molecular weight is 557 g/mol. The van der Waals surface area contributed by atoms with Crippen molar-refractivity contribution >= 4 is 57.8 Å². The van der Waals surface area contributed by atoms with E-state index in [9.17, 15) is 14.7 Å². The Morgan fingerprint density at radius 1 is 0.692 bits per heavy atom. The number of aliphatic hydroxyl groups is 1. The first-order chi connectivity index (χ1) is 18.9. The van der Waals surface area contributed by atoms with Gasteiger partial charge in [-0.15, -0.1) is 0 Å². The number of rotatable bonds is 2. The van der Waals surface area contributed by atoms with Crippen LogP contribution in [0.25, 0.3) is 0 Å². The molecule has 0 saturated carbocycles. The van der Waals surface area contributed by atoms with Crippen LogP contribution < -0.4 is 10.6 Å². The molecular formula is C30H22Cl2N4O3. The normalized spacial score (nSPS) is 16.0. The van der Waals surface area contributed by atoms with Gasteiger partial charge in [0.25, 0.3) is 5.91 Å². The maximum Gasteiger partial charge on any atom is 0.276 e. The van der Waals surface area contributed by atoms with Crippen molar-refractivity contribution in [1.82, 2.24) is 0 Å². The Morgan fingerprint density at radius 2 is 1.21 bits per heavy atom. The van der Waals surface area contributed by atoms with Crippen LogP contribution in [-0.4, -0.2) is 41.1 Å². The molecular weight excluding hydrogens is 535 g/mol. The lowest BCUT2D eigenvalue weighted by Gasteiger charge is -2.10. The van der Waals surface area contributed by atoms with Crippen molar-refractivity contribution in [3.05, 3.63) is 129 Å². The van der Waals surface area contributed by atoms with Crippen molar-refractivity contribution in [3.63, 3.8) is 0 Å². The van der Waals surface area contributed by atoms with Gasteiger partial charge in [-0.3, -0.25) is 14.6 Å². The highest BCUT2D eigenvalue weighted by Gasteiger charge is 2.24. The number of carbonyl (C=O) groups excluding carboxylic acids is 2. The van der Waals surface area contributed by atoms with Crippen LogP contribution in [0.3, 0.4) is 0 Å². The van der Waals surface area contributed by atoms with Crippen molar-refractivity contribution in [2.24, 2.45) is 9.98 Å². The molecule has 6 rings (SSSR count). The summed E-state index contributed by atoms with van der Waals surface area (Å²) >= 11 is 12.1. The molecule has 39 heavy (non-hydrogen) atoms. The number of hydrogen-bond donors (Lipinski definition) is 3. The molecule has 0 saturated heterocycles. The first-order valence-corrected chi connectivity index (χ1v) is 12.8. The maximum atomic E-state index is 11.7. The molecule has 0 aromatic heterocycles. The second-order valence-corrected chi connectivity index (χ2v) is 9.54. The fourth-order valence-electron chi connectivity index (χ4n) is 4.19. The van der Waals surface area contributed by atoms with Gasteiger partial charge in [0.05, 0.1) is 22.8 Å². The van der Waals surface area contributed by atoms with Gasteiger partial charge < -0.3 is 15.7 Å².